The van der Waals surface area contributed by atoms with Crippen LogP contribution in [-0.2, 0) is 16.1 Å². The van der Waals surface area contributed by atoms with Crippen LogP contribution in [0.3, 0.4) is 0 Å². The summed E-state index contributed by atoms with van der Waals surface area (Å²) in [6.45, 7) is 3.49. The van der Waals surface area contributed by atoms with Gasteiger partial charge in [-0.15, -0.1) is 11.8 Å². The first-order valence-electron chi connectivity index (χ1n) is 11.2. The average molecular weight is 483 g/mol. The molecular formula is C25H27FN4O3S. The molecule has 2 aliphatic heterocycles. The monoisotopic (exact) mass is 482 g/mol. The van der Waals surface area contributed by atoms with Gasteiger partial charge < -0.3 is 15.4 Å². The summed E-state index contributed by atoms with van der Waals surface area (Å²) in [4.78, 5) is 28.9. The van der Waals surface area contributed by atoms with Crippen LogP contribution in [0.15, 0.2) is 58.6 Å². The van der Waals surface area contributed by atoms with Crippen molar-refractivity contribution >= 4 is 35.7 Å². The Morgan fingerprint density at radius 1 is 1.26 bits per heavy atom. The number of anilines is 1. The average Bonchev–Trinajstić information content (AvgIpc) is 3.47. The number of cyclic esters (lactones) is 1. The van der Waals surface area contributed by atoms with Gasteiger partial charge in [-0.25, -0.2) is 9.18 Å². The van der Waals surface area contributed by atoms with Crippen molar-refractivity contribution in [3.8, 4) is 11.1 Å². The summed E-state index contributed by atoms with van der Waals surface area (Å²) in [7, 11) is 0. The number of aliphatic imine (C=N–C) groups is 1. The predicted molar refractivity (Wildman–Crippen MR) is 133 cm³/mol. The maximum absolute atomic E-state index is 14.9. The first-order chi connectivity index (χ1) is 16.5. The minimum absolute atomic E-state index is 0.196. The molecule has 2 heterocycles. The first-order valence-corrected chi connectivity index (χ1v) is 12.2. The Kier molecular flexibility index (Phi) is 7.97. The van der Waals surface area contributed by atoms with Gasteiger partial charge in [-0.05, 0) is 35.4 Å². The van der Waals surface area contributed by atoms with Crippen molar-refractivity contribution in [2.75, 3.05) is 30.3 Å². The lowest BCUT2D eigenvalue weighted by atomic mass is 10.0. The van der Waals surface area contributed by atoms with E-state index < -0.39 is 18.0 Å². The van der Waals surface area contributed by atoms with Crippen molar-refractivity contribution in [3.05, 3.63) is 65.0 Å². The molecule has 0 aromatic heterocycles. The quantitative estimate of drug-likeness (QED) is 0.499. The third-order valence-corrected chi connectivity index (χ3v) is 6.43. The highest BCUT2D eigenvalue weighted by molar-refractivity contribution is 8.03. The number of nitrogens with one attached hydrogen (secondary N) is 2. The number of nitrogens with zero attached hydrogens (tertiary/aromatic N) is 2. The van der Waals surface area contributed by atoms with Crippen LogP contribution in [0.5, 0.6) is 0 Å². The Bertz CT molecular complexity index is 1100. The van der Waals surface area contributed by atoms with Gasteiger partial charge in [0, 0.05) is 44.0 Å². The molecular weight excluding hydrogens is 455 g/mol. The second kappa shape index (κ2) is 11.3. The van der Waals surface area contributed by atoms with E-state index in [9.17, 15) is 14.0 Å². The summed E-state index contributed by atoms with van der Waals surface area (Å²) in [5, 5.41) is 7.13. The first kappa shape index (κ1) is 24.0. The molecule has 0 aliphatic carbocycles. The maximum Gasteiger partial charge on any atom is 0.414 e. The number of halogens is 1. The smallest absolute Gasteiger partial charge is 0.414 e. The van der Waals surface area contributed by atoms with Crippen LogP contribution in [0.2, 0.25) is 0 Å². The van der Waals surface area contributed by atoms with Gasteiger partial charge in [0.1, 0.15) is 11.9 Å². The number of carbonyl (C=O) groups excluding carboxylic acids is 2. The zero-order valence-electron chi connectivity index (χ0n) is 18.9. The molecule has 2 aliphatic rings. The Labute approximate surface area is 202 Å². The Morgan fingerprint density at radius 3 is 2.79 bits per heavy atom. The fourth-order valence-corrected chi connectivity index (χ4v) is 4.53. The third kappa shape index (κ3) is 6.24. The van der Waals surface area contributed by atoms with Gasteiger partial charge in [0.15, 0.2) is 0 Å². The molecule has 7 nitrogen and oxygen atoms in total. The van der Waals surface area contributed by atoms with E-state index in [1.54, 1.807) is 23.9 Å². The van der Waals surface area contributed by atoms with E-state index in [1.165, 1.54) is 17.9 Å². The SMILES string of the molecule is CC(=O)NC[C@H]1CN(c2ccc(-c3ccc(CNCCSC4=CCC=N4)cc3)c(F)c2)C(=O)O1. The third-order valence-electron chi connectivity index (χ3n) is 5.46. The lowest BCUT2D eigenvalue weighted by Gasteiger charge is -2.15. The van der Waals surface area contributed by atoms with Gasteiger partial charge in [0.05, 0.1) is 23.8 Å². The molecule has 2 aromatic rings. The van der Waals surface area contributed by atoms with E-state index in [2.05, 4.69) is 21.7 Å². The number of benzene rings is 2. The molecule has 0 bridgehead atoms. The maximum atomic E-state index is 14.9. The van der Waals surface area contributed by atoms with Crippen molar-refractivity contribution in [2.24, 2.45) is 4.99 Å². The highest BCUT2D eigenvalue weighted by Gasteiger charge is 2.32. The second-order valence-corrected chi connectivity index (χ2v) is 9.14. The second-order valence-electron chi connectivity index (χ2n) is 8.03. The van der Waals surface area contributed by atoms with Crippen molar-refractivity contribution in [2.45, 2.75) is 26.0 Å². The number of hydrogen-bond acceptors (Lipinski definition) is 6. The Morgan fingerprint density at radius 2 is 2.09 bits per heavy atom. The molecule has 178 valence electrons. The molecule has 34 heavy (non-hydrogen) atoms. The number of hydrogen-bond donors (Lipinski definition) is 2. The number of carbonyl (C=O) groups is 2. The van der Waals surface area contributed by atoms with Crippen LogP contribution in [-0.4, -0.2) is 49.7 Å². The summed E-state index contributed by atoms with van der Waals surface area (Å²) in [6, 6.07) is 12.5. The minimum Gasteiger partial charge on any atom is -0.442 e. The van der Waals surface area contributed by atoms with Crippen LogP contribution < -0.4 is 15.5 Å². The number of thioether (sulfide) groups is 1. The number of amides is 2. The van der Waals surface area contributed by atoms with E-state index in [0.717, 1.165) is 41.4 Å². The molecule has 1 atom stereocenters. The van der Waals surface area contributed by atoms with Gasteiger partial charge in [-0.2, -0.15) is 0 Å². The van der Waals surface area contributed by atoms with Crippen LogP contribution >= 0.6 is 11.8 Å². The standard InChI is InChI=1S/C25H27FN4O3S/c1-17(31)29-15-21-16-30(25(32)33-21)20-8-9-22(23(26)13-20)19-6-4-18(5-7-19)14-27-11-12-34-24-3-2-10-28-24/h3-10,13,21,27H,2,11-12,14-16H2,1H3,(H,29,31)/t21-/m0/s1. The zero-order valence-corrected chi connectivity index (χ0v) is 19.7. The molecule has 1 saturated heterocycles. The number of ether oxygens (including phenoxy) is 1. The molecule has 4 rings (SSSR count). The summed E-state index contributed by atoms with van der Waals surface area (Å²) in [6.07, 6.45) is 3.95. The summed E-state index contributed by atoms with van der Waals surface area (Å²) >= 11 is 1.74. The van der Waals surface area contributed by atoms with E-state index in [0.29, 0.717) is 11.3 Å². The fraction of sp³-hybridized carbons (Fsp3) is 0.320. The van der Waals surface area contributed by atoms with Crippen molar-refractivity contribution in [1.29, 1.82) is 0 Å². The molecule has 2 aromatic carbocycles. The van der Waals surface area contributed by atoms with Gasteiger partial charge in [0.2, 0.25) is 5.91 Å². The molecule has 0 saturated carbocycles. The summed E-state index contributed by atoms with van der Waals surface area (Å²) < 4.78 is 20.2. The molecule has 0 unspecified atom stereocenters. The van der Waals surface area contributed by atoms with Gasteiger partial charge in [-0.1, -0.05) is 24.3 Å². The van der Waals surface area contributed by atoms with Crippen LogP contribution in [0.1, 0.15) is 18.9 Å². The summed E-state index contributed by atoms with van der Waals surface area (Å²) in [5.74, 6) is 0.345. The van der Waals surface area contributed by atoms with Gasteiger partial charge in [0.25, 0.3) is 0 Å². The van der Waals surface area contributed by atoms with E-state index in [1.807, 2.05) is 30.5 Å². The van der Waals surface area contributed by atoms with Crippen molar-refractivity contribution in [1.82, 2.24) is 10.6 Å². The van der Waals surface area contributed by atoms with E-state index >= 15 is 0 Å². The van der Waals surface area contributed by atoms with Crippen molar-refractivity contribution < 1.29 is 18.7 Å². The molecule has 2 amide bonds. The topological polar surface area (TPSA) is 83.0 Å². The molecule has 2 N–H and O–H groups in total. The molecule has 9 heteroatoms. The Balaban J connectivity index is 1.30. The number of rotatable bonds is 10. The lowest BCUT2D eigenvalue weighted by Crippen LogP contribution is -2.33. The van der Waals surface area contributed by atoms with Crippen LogP contribution in [0.25, 0.3) is 11.1 Å². The summed E-state index contributed by atoms with van der Waals surface area (Å²) in [5.41, 5.74) is 2.78. The highest BCUT2D eigenvalue weighted by atomic mass is 32.2. The largest absolute Gasteiger partial charge is 0.442 e. The van der Waals surface area contributed by atoms with E-state index in [-0.39, 0.29) is 19.0 Å². The fourth-order valence-electron chi connectivity index (χ4n) is 3.71. The lowest BCUT2D eigenvalue weighted by molar-refractivity contribution is -0.119. The normalized spacial score (nSPS) is 17.1. The van der Waals surface area contributed by atoms with Gasteiger partial charge in [-0.3, -0.25) is 14.7 Å². The van der Waals surface area contributed by atoms with Crippen molar-refractivity contribution in [3.63, 3.8) is 0 Å². The number of allylic oxidation sites excluding steroid dienone is 1. The Hall–Kier alpha value is -3.17. The molecule has 0 spiro atoms. The zero-order chi connectivity index (χ0) is 23.9. The van der Waals surface area contributed by atoms with Gasteiger partial charge >= 0.3 is 6.09 Å². The minimum atomic E-state index is -0.551. The molecule has 0 radical (unpaired) electrons. The van der Waals surface area contributed by atoms with Crippen LogP contribution in [0.4, 0.5) is 14.9 Å². The van der Waals surface area contributed by atoms with Crippen LogP contribution in [0, 0.1) is 5.82 Å². The van der Waals surface area contributed by atoms with E-state index in [4.69, 9.17) is 4.74 Å². The highest BCUT2D eigenvalue weighted by Crippen LogP contribution is 2.29. The predicted octanol–water partition coefficient (Wildman–Crippen LogP) is 4.09. The molecule has 1 fully saturated rings.